The zero-order valence-electron chi connectivity index (χ0n) is 16.5. The predicted molar refractivity (Wildman–Crippen MR) is 112 cm³/mol. The zero-order chi connectivity index (χ0) is 20.5. The number of fused-ring (bicyclic) bond motifs is 1. The maximum absolute atomic E-state index is 12.7. The van der Waals surface area contributed by atoms with E-state index in [2.05, 4.69) is 15.1 Å². The summed E-state index contributed by atoms with van der Waals surface area (Å²) in [6, 6.07) is 9.44. The van der Waals surface area contributed by atoms with Gasteiger partial charge in [0.1, 0.15) is 11.3 Å². The van der Waals surface area contributed by atoms with Gasteiger partial charge in [-0.05, 0) is 26.0 Å². The van der Waals surface area contributed by atoms with Gasteiger partial charge in [-0.3, -0.25) is 9.48 Å². The van der Waals surface area contributed by atoms with Gasteiger partial charge in [-0.25, -0.2) is 9.97 Å². The van der Waals surface area contributed by atoms with Gasteiger partial charge >= 0.3 is 0 Å². The molecule has 4 aromatic rings. The van der Waals surface area contributed by atoms with Crippen LogP contribution in [0.4, 0.5) is 5.95 Å². The third-order valence-corrected chi connectivity index (χ3v) is 4.78. The normalized spacial score (nSPS) is 11.3. The fourth-order valence-corrected chi connectivity index (χ4v) is 3.36. The van der Waals surface area contributed by atoms with Gasteiger partial charge in [-0.2, -0.15) is 5.10 Å². The Kier molecular flexibility index (Phi) is 4.75. The first-order valence-electron chi connectivity index (χ1n) is 9.31. The van der Waals surface area contributed by atoms with E-state index < -0.39 is 0 Å². The first-order chi connectivity index (χ1) is 14.0. The van der Waals surface area contributed by atoms with Crippen molar-refractivity contribution in [1.29, 1.82) is 0 Å². The van der Waals surface area contributed by atoms with E-state index in [9.17, 15) is 4.79 Å². The molecule has 0 bridgehead atoms. The van der Waals surface area contributed by atoms with Crippen LogP contribution in [0.2, 0.25) is 0 Å². The van der Waals surface area contributed by atoms with Crippen LogP contribution in [-0.4, -0.2) is 31.4 Å². The highest BCUT2D eigenvalue weighted by Crippen LogP contribution is 2.31. The van der Waals surface area contributed by atoms with Gasteiger partial charge < -0.3 is 15.0 Å². The van der Waals surface area contributed by atoms with E-state index in [0.717, 1.165) is 10.9 Å². The summed E-state index contributed by atoms with van der Waals surface area (Å²) in [7, 11) is 1.59. The Labute approximate surface area is 167 Å². The van der Waals surface area contributed by atoms with E-state index in [1.165, 1.54) is 0 Å². The number of rotatable bonds is 5. The minimum Gasteiger partial charge on any atom is -0.494 e. The van der Waals surface area contributed by atoms with E-state index in [1.807, 2.05) is 50.4 Å². The summed E-state index contributed by atoms with van der Waals surface area (Å²) < 4.78 is 8.83. The number of pyridine rings is 1. The molecule has 0 amide bonds. The Balaban J connectivity index is 1.74. The maximum Gasteiger partial charge on any atom is 0.255 e. The molecular formula is C21H22N6O2. The molecule has 0 radical (unpaired) electrons. The van der Waals surface area contributed by atoms with Gasteiger partial charge in [0.05, 0.1) is 25.5 Å². The van der Waals surface area contributed by atoms with Crippen LogP contribution in [-0.2, 0) is 6.54 Å². The molecule has 0 unspecified atom stereocenters. The van der Waals surface area contributed by atoms with Gasteiger partial charge in [0.2, 0.25) is 5.95 Å². The van der Waals surface area contributed by atoms with Crippen LogP contribution in [0.5, 0.6) is 5.75 Å². The molecular weight excluding hydrogens is 368 g/mol. The zero-order valence-corrected chi connectivity index (χ0v) is 16.5. The number of nitrogens with zero attached hydrogens (tertiary/aromatic N) is 5. The second kappa shape index (κ2) is 7.38. The van der Waals surface area contributed by atoms with E-state index >= 15 is 0 Å². The van der Waals surface area contributed by atoms with Crippen LogP contribution in [0.25, 0.3) is 22.2 Å². The van der Waals surface area contributed by atoms with Crippen LogP contribution in [0.3, 0.4) is 0 Å². The van der Waals surface area contributed by atoms with Crippen molar-refractivity contribution >= 4 is 16.9 Å². The molecule has 2 N–H and O–H groups in total. The molecule has 0 aliphatic heterocycles. The number of hydrogen-bond acceptors (Lipinski definition) is 6. The van der Waals surface area contributed by atoms with Gasteiger partial charge in [-0.1, -0.05) is 18.2 Å². The van der Waals surface area contributed by atoms with Crippen molar-refractivity contribution in [2.45, 2.75) is 26.4 Å². The number of hydrogen-bond donors (Lipinski definition) is 1. The number of methoxy groups -OCH3 is 1. The summed E-state index contributed by atoms with van der Waals surface area (Å²) in [5.41, 5.74) is 8.70. The quantitative estimate of drug-likeness (QED) is 0.562. The fourth-order valence-electron chi connectivity index (χ4n) is 3.36. The van der Waals surface area contributed by atoms with Crippen molar-refractivity contribution in [3.63, 3.8) is 0 Å². The molecule has 0 fully saturated rings. The summed E-state index contributed by atoms with van der Waals surface area (Å²) in [4.78, 5) is 21.4. The third-order valence-electron chi connectivity index (χ3n) is 4.78. The minimum absolute atomic E-state index is 0.0129. The molecule has 0 spiro atoms. The maximum atomic E-state index is 12.7. The van der Waals surface area contributed by atoms with Crippen LogP contribution in [0, 0.1) is 0 Å². The van der Waals surface area contributed by atoms with E-state index in [1.54, 1.807) is 28.8 Å². The van der Waals surface area contributed by atoms with Crippen molar-refractivity contribution < 1.29 is 4.74 Å². The van der Waals surface area contributed by atoms with E-state index in [4.69, 9.17) is 10.5 Å². The molecule has 0 saturated carbocycles. The molecule has 8 nitrogen and oxygen atoms in total. The van der Waals surface area contributed by atoms with Crippen molar-refractivity contribution in [1.82, 2.24) is 24.3 Å². The average Bonchev–Trinajstić information content (AvgIpc) is 3.16. The molecule has 0 aliphatic carbocycles. The highest BCUT2D eigenvalue weighted by molar-refractivity contribution is 5.96. The first kappa shape index (κ1) is 18.7. The average molecular weight is 390 g/mol. The van der Waals surface area contributed by atoms with Gasteiger partial charge in [0.25, 0.3) is 5.56 Å². The summed E-state index contributed by atoms with van der Waals surface area (Å²) in [6.45, 7) is 4.33. The molecule has 0 saturated heterocycles. The van der Waals surface area contributed by atoms with Gasteiger partial charge in [-0.15, -0.1) is 0 Å². The highest BCUT2D eigenvalue weighted by Gasteiger charge is 2.14. The number of ether oxygens (including phenoxy) is 1. The van der Waals surface area contributed by atoms with Crippen molar-refractivity contribution in [2.75, 3.05) is 12.8 Å². The molecule has 29 heavy (non-hydrogen) atoms. The lowest BCUT2D eigenvalue weighted by Crippen LogP contribution is -2.25. The monoisotopic (exact) mass is 390 g/mol. The highest BCUT2D eigenvalue weighted by atomic mass is 16.5. The van der Waals surface area contributed by atoms with Gasteiger partial charge in [0.15, 0.2) is 0 Å². The number of nitrogens with two attached hydrogens (primary N) is 1. The Morgan fingerprint density at radius 1 is 1.17 bits per heavy atom. The predicted octanol–water partition coefficient (Wildman–Crippen LogP) is 2.88. The van der Waals surface area contributed by atoms with Crippen molar-refractivity contribution in [2.24, 2.45) is 0 Å². The lowest BCUT2D eigenvalue weighted by molar-refractivity contribution is 0.419. The molecule has 1 aromatic carbocycles. The van der Waals surface area contributed by atoms with Crippen LogP contribution >= 0.6 is 0 Å². The molecule has 0 aliphatic rings. The topological polar surface area (TPSA) is 101 Å². The Morgan fingerprint density at radius 3 is 2.76 bits per heavy atom. The number of aromatic nitrogens is 5. The second-order valence-corrected chi connectivity index (χ2v) is 7.05. The summed E-state index contributed by atoms with van der Waals surface area (Å²) in [6.07, 6.45) is 5.37. The molecule has 3 aromatic heterocycles. The number of para-hydroxylation sites is 1. The lowest BCUT2D eigenvalue weighted by atomic mass is 10.1. The third kappa shape index (κ3) is 3.44. The smallest absolute Gasteiger partial charge is 0.255 e. The molecule has 4 rings (SSSR count). The number of benzene rings is 1. The summed E-state index contributed by atoms with van der Waals surface area (Å²) >= 11 is 0. The van der Waals surface area contributed by atoms with E-state index in [0.29, 0.717) is 29.1 Å². The minimum atomic E-state index is -0.0129. The summed E-state index contributed by atoms with van der Waals surface area (Å²) in [5, 5.41) is 5.24. The molecule has 148 valence electrons. The van der Waals surface area contributed by atoms with Crippen molar-refractivity contribution in [3.05, 3.63) is 64.8 Å². The first-order valence-corrected chi connectivity index (χ1v) is 9.31. The Morgan fingerprint density at radius 2 is 2.00 bits per heavy atom. The lowest BCUT2D eigenvalue weighted by Gasteiger charge is -2.11. The standard InChI is InChI=1S/C21H22N6O2/c1-13(2)27-9-5-6-14(20(27)28)11-26-12-15(10-23-26)18-16-7-4-8-17(29-3)19(16)25-21(22)24-18/h4-10,12-13H,11H2,1-3H3,(H2,22,24,25). The number of nitrogen functional groups attached to an aromatic ring is 1. The second-order valence-electron chi connectivity index (χ2n) is 7.05. The van der Waals surface area contributed by atoms with Crippen LogP contribution in [0.1, 0.15) is 25.5 Å². The molecule has 3 heterocycles. The van der Waals surface area contributed by atoms with Crippen LogP contribution in [0.15, 0.2) is 53.7 Å². The number of anilines is 1. The SMILES string of the molecule is COc1cccc2c(-c3cnn(Cc4cccn(C(C)C)c4=O)c3)nc(N)nc12. The largest absolute Gasteiger partial charge is 0.494 e. The fraction of sp³-hybridized carbons (Fsp3) is 0.238. The van der Waals surface area contributed by atoms with Gasteiger partial charge in [0, 0.05) is 34.9 Å². The van der Waals surface area contributed by atoms with Crippen molar-refractivity contribution in [3.8, 4) is 17.0 Å². The van der Waals surface area contributed by atoms with E-state index in [-0.39, 0.29) is 17.5 Å². The van der Waals surface area contributed by atoms with Crippen LogP contribution < -0.4 is 16.0 Å². The summed E-state index contributed by atoms with van der Waals surface area (Å²) in [5.74, 6) is 0.788. The Bertz CT molecular complexity index is 1240. The molecule has 8 heteroatoms. The molecule has 0 atom stereocenters. The Hall–Kier alpha value is -3.68.